The molecule has 4 atom stereocenters. The van der Waals surface area contributed by atoms with Crippen molar-refractivity contribution in [3.05, 3.63) is 48.8 Å². The van der Waals surface area contributed by atoms with Gasteiger partial charge in [0, 0.05) is 13.0 Å². The Morgan fingerprint density at radius 1 is 0.409 bits per heavy atom. The molecule has 0 fully saturated rings. The van der Waals surface area contributed by atoms with Crippen LogP contribution < -0.4 is 0 Å². The fourth-order valence-corrected chi connectivity index (χ4v) is 8.28. The van der Waals surface area contributed by atoms with Crippen molar-refractivity contribution in [1.29, 1.82) is 0 Å². The van der Waals surface area contributed by atoms with E-state index >= 15 is 0 Å². The molecule has 0 radical (unpaired) electrons. The van der Waals surface area contributed by atoms with Gasteiger partial charge in [-0.2, -0.15) is 4.89 Å². The molecule has 0 saturated heterocycles. The van der Waals surface area contributed by atoms with Gasteiger partial charge >= 0.3 is 0 Å². The summed E-state index contributed by atoms with van der Waals surface area (Å²) in [5.41, 5.74) is 0. The number of unbranched alkanes of at least 4 members (excludes halogenated alkanes) is 24. The summed E-state index contributed by atoms with van der Waals surface area (Å²) < 4.78 is 11.9. The lowest BCUT2D eigenvalue weighted by Gasteiger charge is -2.17. The molecular formula is C60H114O6. The second-order valence-corrected chi connectivity index (χ2v) is 20.2. The van der Waals surface area contributed by atoms with E-state index < -0.39 is 0 Å². The van der Waals surface area contributed by atoms with Crippen molar-refractivity contribution in [1.82, 2.24) is 0 Å². The first-order chi connectivity index (χ1) is 32.4. The fraction of sp³-hybridized carbons (Fsp3) is 0.867. The van der Waals surface area contributed by atoms with Crippen LogP contribution in [0.2, 0.25) is 0 Å². The molecule has 0 aromatic heterocycles. The third kappa shape index (κ3) is 51.9. The first kappa shape index (κ1) is 64.6. The van der Waals surface area contributed by atoms with Crippen molar-refractivity contribution >= 4 is 0 Å². The smallest absolute Gasteiger partial charge is 0.147 e. The van der Waals surface area contributed by atoms with Gasteiger partial charge < -0.3 is 14.4 Å². The van der Waals surface area contributed by atoms with Crippen molar-refractivity contribution in [3.63, 3.8) is 0 Å². The molecule has 3 unspecified atom stereocenters. The third-order valence-electron chi connectivity index (χ3n) is 13.0. The van der Waals surface area contributed by atoms with Gasteiger partial charge in [0.1, 0.15) is 31.9 Å². The number of hydrogen-bond donors (Lipinski definition) is 0. The molecule has 0 aliphatic heterocycles. The van der Waals surface area contributed by atoms with E-state index in [9.17, 15) is 0 Å². The van der Waals surface area contributed by atoms with Crippen LogP contribution in [0.3, 0.4) is 0 Å². The summed E-state index contributed by atoms with van der Waals surface area (Å²) in [5, 5.41) is 0. The number of ether oxygens (including phenoxy) is 2. The van der Waals surface area contributed by atoms with Gasteiger partial charge in [-0.1, -0.05) is 239 Å². The molecule has 0 spiro atoms. The van der Waals surface area contributed by atoms with Crippen LogP contribution in [0.5, 0.6) is 0 Å². The largest absolute Gasteiger partial charge is 0.355 e. The second kappa shape index (κ2) is 54.5. The molecule has 0 aliphatic rings. The zero-order valence-corrected chi connectivity index (χ0v) is 45.1. The lowest BCUT2D eigenvalue weighted by atomic mass is 9.99. The molecular weight excluding hydrogens is 817 g/mol. The summed E-state index contributed by atoms with van der Waals surface area (Å²) >= 11 is 0. The number of rotatable bonds is 55. The highest BCUT2D eigenvalue weighted by Gasteiger charge is 2.13. The highest BCUT2D eigenvalue weighted by atomic mass is 17.2. The maximum absolute atomic E-state index is 6.01. The summed E-state index contributed by atoms with van der Waals surface area (Å²) in [7, 11) is 0. The maximum Gasteiger partial charge on any atom is 0.147 e. The Morgan fingerprint density at radius 3 is 1.27 bits per heavy atom. The number of hydrogen-bond acceptors (Lipinski definition) is 6. The summed E-state index contributed by atoms with van der Waals surface area (Å²) in [6.07, 6.45) is 60.7. The SMILES string of the molecule is C=C(CCCCCCC=CCC(C)CCCCCC)OOC[C@H](COOCCCCCCCC/C=C/CC(C)CCCCCC)OCOCCCCCCCC=CCC(C)CCCCCC. The van der Waals surface area contributed by atoms with Crippen LogP contribution in [0, 0.1) is 17.8 Å². The van der Waals surface area contributed by atoms with Crippen molar-refractivity contribution in [2.45, 2.75) is 285 Å². The van der Waals surface area contributed by atoms with Crippen molar-refractivity contribution in [2.75, 3.05) is 33.2 Å². The first-order valence-electron chi connectivity index (χ1n) is 28.8. The van der Waals surface area contributed by atoms with E-state index in [1.54, 1.807) is 0 Å². The minimum absolute atomic E-state index is 0.196. The Bertz CT molecular complexity index is 1040. The van der Waals surface area contributed by atoms with E-state index in [0.29, 0.717) is 19.0 Å². The van der Waals surface area contributed by atoms with Crippen LogP contribution in [0.15, 0.2) is 48.8 Å². The zero-order chi connectivity index (χ0) is 48.1. The number of allylic oxidation sites excluding steroid dienone is 7. The Balaban J connectivity index is 4.26. The standard InChI is InChI=1S/C60H114O6/c1-8-11-14-35-44-56(4)47-38-29-23-18-17-20-28-34-43-52-63-64-53-60(62-55-61-51-42-33-27-21-19-24-30-39-48-57(5)45-36-15-12-9-2)54-65-66-59(7)50-41-32-26-22-25-31-40-49-58(6)46-37-16-13-10-3/h29-31,38-40,56-58,60H,7-28,32-37,41-55H2,1-6H3/b38-29+,39-30?,40-31?/t56?,57?,58?,60-/m0/s1. The Hall–Kier alpha value is -1.44. The predicted octanol–water partition coefficient (Wildman–Crippen LogP) is 19.8. The van der Waals surface area contributed by atoms with E-state index in [0.717, 1.165) is 49.9 Å². The van der Waals surface area contributed by atoms with Crippen molar-refractivity contribution in [2.24, 2.45) is 17.8 Å². The predicted molar refractivity (Wildman–Crippen MR) is 287 cm³/mol. The summed E-state index contributed by atoms with van der Waals surface area (Å²) in [6, 6.07) is 0. The second-order valence-electron chi connectivity index (χ2n) is 20.2. The highest BCUT2D eigenvalue weighted by molar-refractivity contribution is 4.85. The molecule has 0 aromatic rings. The highest BCUT2D eigenvalue weighted by Crippen LogP contribution is 2.18. The molecule has 390 valence electrons. The summed E-state index contributed by atoms with van der Waals surface area (Å²) in [5.74, 6) is 3.10. The van der Waals surface area contributed by atoms with Gasteiger partial charge in [0.25, 0.3) is 0 Å². The quantitative estimate of drug-likeness (QED) is 0.0151. The van der Waals surface area contributed by atoms with Gasteiger partial charge in [0.2, 0.25) is 0 Å². The van der Waals surface area contributed by atoms with Crippen LogP contribution in [0.4, 0.5) is 0 Å². The normalized spacial score (nSPS) is 14.0. The summed E-state index contributed by atoms with van der Waals surface area (Å²) in [6.45, 7) is 20.1. The van der Waals surface area contributed by atoms with Crippen LogP contribution >= 0.6 is 0 Å². The first-order valence-corrected chi connectivity index (χ1v) is 28.8. The maximum atomic E-state index is 6.01. The van der Waals surface area contributed by atoms with E-state index in [1.165, 1.54) is 205 Å². The molecule has 0 amide bonds. The topological polar surface area (TPSA) is 55.4 Å². The molecule has 0 aliphatic carbocycles. The molecule has 66 heavy (non-hydrogen) atoms. The van der Waals surface area contributed by atoms with Gasteiger partial charge in [-0.05, 0) is 94.8 Å². The van der Waals surface area contributed by atoms with Crippen LogP contribution in [-0.2, 0) is 29.0 Å². The van der Waals surface area contributed by atoms with E-state index in [4.69, 9.17) is 29.0 Å². The molecule has 0 N–H and O–H groups in total. The Morgan fingerprint density at radius 2 is 0.803 bits per heavy atom. The fourth-order valence-electron chi connectivity index (χ4n) is 8.28. The molecule has 0 saturated carbocycles. The van der Waals surface area contributed by atoms with E-state index in [2.05, 4.69) is 84.6 Å². The van der Waals surface area contributed by atoms with E-state index in [1.807, 2.05) is 0 Å². The van der Waals surface area contributed by atoms with Gasteiger partial charge in [-0.25, -0.2) is 9.78 Å². The van der Waals surface area contributed by atoms with Crippen molar-refractivity contribution < 1.29 is 29.0 Å². The molecule has 0 heterocycles. The van der Waals surface area contributed by atoms with Gasteiger partial charge in [-0.15, -0.1) is 0 Å². The average molecular weight is 932 g/mol. The Kier molecular flexibility index (Phi) is 53.3. The van der Waals surface area contributed by atoms with E-state index in [-0.39, 0.29) is 26.1 Å². The lowest BCUT2D eigenvalue weighted by molar-refractivity contribution is -0.330. The molecule has 0 rings (SSSR count). The molecule has 6 nitrogen and oxygen atoms in total. The van der Waals surface area contributed by atoms with Gasteiger partial charge in [-0.3, -0.25) is 0 Å². The van der Waals surface area contributed by atoms with Crippen LogP contribution in [0.25, 0.3) is 0 Å². The molecule has 6 heteroatoms. The third-order valence-corrected chi connectivity index (χ3v) is 13.0. The minimum Gasteiger partial charge on any atom is -0.355 e. The zero-order valence-electron chi connectivity index (χ0n) is 45.1. The summed E-state index contributed by atoms with van der Waals surface area (Å²) in [4.78, 5) is 22.3. The Labute approximate surface area is 412 Å². The molecule has 0 bridgehead atoms. The lowest BCUT2D eigenvalue weighted by Crippen LogP contribution is -2.27. The van der Waals surface area contributed by atoms with Gasteiger partial charge in [0.15, 0.2) is 0 Å². The average Bonchev–Trinajstić information content (AvgIpc) is 3.31. The van der Waals surface area contributed by atoms with Crippen molar-refractivity contribution in [3.8, 4) is 0 Å². The van der Waals surface area contributed by atoms with Gasteiger partial charge in [0.05, 0.1) is 6.61 Å². The monoisotopic (exact) mass is 931 g/mol. The van der Waals surface area contributed by atoms with Crippen LogP contribution in [-0.4, -0.2) is 39.3 Å². The molecule has 0 aromatic carbocycles. The van der Waals surface area contributed by atoms with Crippen LogP contribution in [0.1, 0.15) is 279 Å². The minimum atomic E-state index is -0.366.